The molecule has 2 atom stereocenters. The molecule has 0 saturated heterocycles. The Morgan fingerprint density at radius 3 is 2.79 bits per heavy atom. The van der Waals surface area contributed by atoms with Crippen LogP contribution in [0.25, 0.3) is 0 Å². The Kier molecular flexibility index (Phi) is 3.11. The van der Waals surface area contributed by atoms with Crippen molar-refractivity contribution in [3.63, 3.8) is 0 Å². The summed E-state index contributed by atoms with van der Waals surface area (Å²) in [6.07, 6.45) is 7.28. The maximum absolute atomic E-state index is 5.97. The van der Waals surface area contributed by atoms with Crippen LogP contribution in [-0.4, -0.2) is 17.1 Å². The van der Waals surface area contributed by atoms with Crippen molar-refractivity contribution in [3.05, 3.63) is 30.1 Å². The van der Waals surface area contributed by atoms with Crippen LogP contribution in [0, 0.1) is 0 Å². The third kappa shape index (κ3) is 2.30. The summed E-state index contributed by atoms with van der Waals surface area (Å²) in [6.45, 7) is 0.904. The molecule has 3 nitrogen and oxygen atoms in total. The summed E-state index contributed by atoms with van der Waals surface area (Å²) in [5.41, 5.74) is 7.25. The van der Waals surface area contributed by atoms with E-state index >= 15 is 0 Å². The largest absolute Gasteiger partial charge is 0.326 e. The van der Waals surface area contributed by atoms with Crippen molar-refractivity contribution in [1.29, 1.82) is 0 Å². The van der Waals surface area contributed by atoms with Crippen LogP contribution in [0.15, 0.2) is 24.5 Å². The molecule has 0 radical (unpaired) electrons. The molecule has 0 spiro atoms. The molecule has 0 bridgehead atoms. The highest BCUT2D eigenvalue weighted by atomic mass is 15.0. The van der Waals surface area contributed by atoms with E-state index < -0.39 is 0 Å². The zero-order valence-corrected chi connectivity index (χ0v) is 8.32. The lowest BCUT2D eigenvalue weighted by molar-refractivity contribution is 0.475. The third-order valence-electron chi connectivity index (χ3n) is 2.89. The van der Waals surface area contributed by atoms with Crippen LogP contribution in [0.2, 0.25) is 0 Å². The molecule has 2 unspecified atom stereocenters. The highest BCUT2D eigenvalue weighted by Gasteiger charge is 2.22. The molecule has 1 heterocycles. The molecule has 2 rings (SSSR count). The van der Waals surface area contributed by atoms with E-state index in [1.165, 1.54) is 18.4 Å². The predicted molar refractivity (Wildman–Crippen MR) is 56.7 cm³/mol. The van der Waals surface area contributed by atoms with Crippen molar-refractivity contribution in [2.24, 2.45) is 5.73 Å². The number of nitrogens with two attached hydrogens (primary N) is 1. The molecule has 0 aromatic carbocycles. The van der Waals surface area contributed by atoms with Gasteiger partial charge in [0.2, 0.25) is 0 Å². The van der Waals surface area contributed by atoms with Crippen LogP contribution in [0.5, 0.6) is 0 Å². The van der Waals surface area contributed by atoms with E-state index in [1.54, 1.807) is 0 Å². The number of hydrogen-bond donors (Lipinski definition) is 2. The minimum absolute atomic E-state index is 0.344. The van der Waals surface area contributed by atoms with Crippen LogP contribution in [0.3, 0.4) is 0 Å². The molecule has 1 aliphatic carbocycles. The molecular formula is C11H17N3. The molecule has 0 aliphatic heterocycles. The highest BCUT2D eigenvalue weighted by Crippen LogP contribution is 2.17. The zero-order chi connectivity index (χ0) is 9.80. The van der Waals surface area contributed by atoms with Gasteiger partial charge in [-0.3, -0.25) is 4.98 Å². The second-order valence-electron chi connectivity index (χ2n) is 3.94. The molecule has 1 fully saturated rings. The van der Waals surface area contributed by atoms with Crippen LogP contribution in [-0.2, 0) is 6.54 Å². The van der Waals surface area contributed by atoms with Crippen molar-refractivity contribution in [3.8, 4) is 0 Å². The van der Waals surface area contributed by atoms with Crippen molar-refractivity contribution in [2.75, 3.05) is 0 Å². The fourth-order valence-electron chi connectivity index (χ4n) is 1.99. The lowest BCUT2D eigenvalue weighted by atomic mass is 10.1. The fourth-order valence-corrected chi connectivity index (χ4v) is 1.99. The summed E-state index contributed by atoms with van der Waals surface area (Å²) in [6, 6.07) is 4.92. The van der Waals surface area contributed by atoms with Crippen LogP contribution < -0.4 is 11.1 Å². The number of aromatic nitrogens is 1. The molecule has 14 heavy (non-hydrogen) atoms. The maximum atomic E-state index is 5.97. The molecule has 3 heteroatoms. The quantitative estimate of drug-likeness (QED) is 0.751. The Hall–Kier alpha value is -0.930. The Labute approximate surface area is 84.7 Å². The number of rotatable bonds is 3. The summed E-state index contributed by atoms with van der Waals surface area (Å²) in [7, 11) is 0. The van der Waals surface area contributed by atoms with E-state index in [4.69, 9.17) is 5.73 Å². The number of nitrogens with zero attached hydrogens (tertiary/aromatic N) is 1. The first-order chi connectivity index (χ1) is 6.86. The first-order valence-corrected chi connectivity index (χ1v) is 5.24. The van der Waals surface area contributed by atoms with Gasteiger partial charge in [0.1, 0.15) is 0 Å². The van der Waals surface area contributed by atoms with E-state index in [1.807, 2.05) is 24.5 Å². The van der Waals surface area contributed by atoms with Gasteiger partial charge in [0.05, 0.1) is 0 Å². The Bertz CT molecular complexity index is 273. The minimum atomic E-state index is 0.344. The van der Waals surface area contributed by atoms with Gasteiger partial charge in [-0.2, -0.15) is 0 Å². The van der Waals surface area contributed by atoms with E-state index in [9.17, 15) is 0 Å². The minimum Gasteiger partial charge on any atom is -0.326 e. The molecular weight excluding hydrogens is 174 g/mol. The predicted octanol–water partition coefficient (Wildman–Crippen LogP) is 1.05. The maximum Gasteiger partial charge on any atom is 0.0271 e. The average Bonchev–Trinajstić information content (AvgIpc) is 2.63. The number of hydrogen-bond acceptors (Lipinski definition) is 3. The standard InChI is InChI=1S/C11H17N3/c12-10-2-1-3-11(10)14-8-9-4-6-13-7-5-9/h4-7,10-11,14H,1-3,8,12H2. The molecule has 3 N–H and O–H groups in total. The van der Waals surface area contributed by atoms with E-state index in [2.05, 4.69) is 10.3 Å². The lowest BCUT2D eigenvalue weighted by Gasteiger charge is -2.16. The normalized spacial score (nSPS) is 26.6. The highest BCUT2D eigenvalue weighted by molar-refractivity contribution is 5.09. The Morgan fingerprint density at radius 2 is 2.14 bits per heavy atom. The van der Waals surface area contributed by atoms with Crippen LogP contribution >= 0.6 is 0 Å². The fraction of sp³-hybridized carbons (Fsp3) is 0.545. The number of pyridine rings is 1. The average molecular weight is 191 g/mol. The molecule has 1 saturated carbocycles. The first-order valence-electron chi connectivity index (χ1n) is 5.24. The van der Waals surface area contributed by atoms with Crippen molar-refractivity contribution in [2.45, 2.75) is 37.9 Å². The monoisotopic (exact) mass is 191 g/mol. The SMILES string of the molecule is NC1CCCC1NCc1ccncc1. The van der Waals surface area contributed by atoms with Crippen LogP contribution in [0.1, 0.15) is 24.8 Å². The lowest BCUT2D eigenvalue weighted by Crippen LogP contribution is -2.40. The van der Waals surface area contributed by atoms with Gasteiger partial charge in [-0.05, 0) is 30.5 Å². The summed E-state index contributed by atoms with van der Waals surface area (Å²) in [5.74, 6) is 0. The molecule has 76 valence electrons. The van der Waals surface area contributed by atoms with Gasteiger partial charge in [-0.25, -0.2) is 0 Å². The van der Waals surface area contributed by atoms with Crippen molar-refractivity contribution < 1.29 is 0 Å². The Balaban J connectivity index is 1.82. The van der Waals surface area contributed by atoms with E-state index in [0.29, 0.717) is 12.1 Å². The second-order valence-corrected chi connectivity index (χ2v) is 3.94. The summed E-state index contributed by atoms with van der Waals surface area (Å²) < 4.78 is 0. The summed E-state index contributed by atoms with van der Waals surface area (Å²) in [4.78, 5) is 3.99. The van der Waals surface area contributed by atoms with Gasteiger partial charge in [-0.15, -0.1) is 0 Å². The third-order valence-corrected chi connectivity index (χ3v) is 2.89. The van der Waals surface area contributed by atoms with Gasteiger partial charge < -0.3 is 11.1 Å². The van der Waals surface area contributed by atoms with E-state index in [0.717, 1.165) is 13.0 Å². The van der Waals surface area contributed by atoms with Crippen LogP contribution in [0.4, 0.5) is 0 Å². The van der Waals surface area contributed by atoms with Gasteiger partial charge in [0.25, 0.3) is 0 Å². The van der Waals surface area contributed by atoms with Gasteiger partial charge in [0, 0.05) is 31.0 Å². The Morgan fingerprint density at radius 1 is 1.36 bits per heavy atom. The summed E-state index contributed by atoms with van der Waals surface area (Å²) >= 11 is 0. The van der Waals surface area contributed by atoms with Gasteiger partial charge in [-0.1, -0.05) is 6.42 Å². The van der Waals surface area contributed by atoms with Gasteiger partial charge in [0.15, 0.2) is 0 Å². The molecule has 1 aliphatic rings. The molecule has 1 aromatic heterocycles. The zero-order valence-electron chi connectivity index (χ0n) is 8.32. The topological polar surface area (TPSA) is 50.9 Å². The van der Waals surface area contributed by atoms with Crippen molar-refractivity contribution in [1.82, 2.24) is 10.3 Å². The first kappa shape index (κ1) is 9.62. The van der Waals surface area contributed by atoms with Gasteiger partial charge >= 0.3 is 0 Å². The second kappa shape index (κ2) is 4.53. The smallest absolute Gasteiger partial charge is 0.0271 e. The van der Waals surface area contributed by atoms with E-state index in [-0.39, 0.29) is 0 Å². The molecule has 0 amide bonds. The molecule has 1 aromatic rings. The van der Waals surface area contributed by atoms with Crippen molar-refractivity contribution >= 4 is 0 Å². The number of nitrogens with one attached hydrogen (secondary N) is 1. The summed E-state index contributed by atoms with van der Waals surface area (Å²) in [5, 5.41) is 3.49.